The van der Waals surface area contributed by atoms with Crippen molar-refractivity contribution >= 4 is 11.9 Å². The van der Waals surface area contributed by atoms with Gasteiger partial charge >= 0.3 is 5.97 Å². The van der Waals surface area contributed by atoms with E-state index in [0.717, 1.165) is 12.0 Å². The number of rotatable bonds is 8. The molecule has 0 aliphatic rings. The molecule has 0 aromatic heterocycles. The number of carbonyl (C=O) groups is 2. The first-order valence-corrected chi connectivity index (χ1v) is 6.98. The van der Waals surface area contributed by atoms with Crippen molar-refractivity contribution in [2.45, 2.75) is 38.6 Å². The predicted molar refractivity (Wildman–Crippen MR) is 80.2 cm³/mol. The lowest BCUT2D eigenvalue weighted by Crippen LogP contribution is -2.51. The van der Waals surface area contributed by atoms with E-state index in [1.54, 1.807) is 6.92 Å². The van der Waals surface area contributed by atoms with Crippen molar-refractivity contribution in [2.24, 2.45) is 0 Å². The summed E-state index contributed by atoms with van der Waals surface area (Å²) in [6, 6.07) is 7.83. The molecule has 2 N–H and O–H groups in total. The number of carboxylic acids is 1. The lowest BCUT2D eigenvalue weighted by molar-refractivity contribution is -0.139. The van der Waals surface area contributed by atoms with E-state index in [9.17, 15) is 9.59 Å². The number of hydrogen-bond acceptors (Lipinski definition) is 3. The highest BCUT2D eigenvalue weighted by molar-refractivity contribution is 5.80. The number of carbonyl (C=O) groups excluding carboxylic acids is 1. The van der Waals surface area contributed by atoms with Crippen LogP contribution in [0.1, 0.15) is 31.4 Å². The van der Waals surface area contributed by atoms with E-state index >= 15 is 0 Å². The molecule has 1 aromatic rings. The van der Waals surface area contributed by atoms with Gasteiger partial charge in [0.1, 0.15) is 0 Å². The normalized spacial score (nSPS) is 13.5. The van der Waals surface area contributed by atoms with Crippen LogP contribution in [0.5, 0.6) is 0 Å². The highest BCUT2D eigenvalue weighted by atomic mass is 16.5. The van der Waals surface area contributed by atoms with Gasteiger partial charge in [0, 0.05) is 7.11 Å². The molecule has 1 rings (SSSR count). The standard InChI is InChI=1S/C16H23NO4/c1-4-12-5-7-13(8-6-12)9-14(18)17-16(2,11-21-3)10-15(19)20/h5-8H,4,9-11H2,1-3H3,(H,17,18)(H,19,20). The Kier molecular flexibility index (Phi) is 6.37. The molecule has 1 unspecified atom stereocenters. The lowest BCUT2D eigenvalue weighted by atomic mass is 9.98. The van der Waals surface area contributed by atoms with Gasteiger partial charge in [0.25, 0.3) is 0 Å². The maximum atomic E-state index is 12.1. The third kappa shape index (κ3) is 5.95. The molecule has 0 saturated carbocycles. The molecule has 21 heavy (non-hydrogen) atoms. The summed E-state index contributed by atoms with van der Waals surface area (Å²) in [5, 5.41) is 11.7. The second kappa shape index (κ2) is 7.78. The van der Waals surface area contributed by atoms with E-state index in [2.05, 4.69) is 12.2 Å². The number of methoxy groups -OCH3 is 1. The molecule has 1 amide bonds. The van der Waals surface area contributed by atoms with Gasteiger partial charge in [-0.05, 0) is 24.5 Å². The van der Waals surface area contributed by atoms with Gasteiger partial charge in [-0.25, -0.2) is 0 Å². The summed E-state index contributed by atoms with van der Waals surface area (Å²) >= 11 is 0. The molecule has 1 atom stereocenters. The van der Waals surface area contributed by atoms with Crippen molar-refractivity contribution < 1.29 is 19.4 Å². The molecule has 0 aliphatic heterocycles. The number of ether oxygens (including phenoxy) is 1. The fraction of sp³-hybridized carbons (Fsp3) is 0.500. The lowest BCUT2D eigenvalue weighted by Gasteiger charge is -2.28. The van der Waals surface area contributed by atoms with E-state index in [4.69, 9.17) is 9.84 Å². The van der Waals surface area contributed by atoms with Crippen molar-refractivity contribution in [2.75, 3.05) is 13.7 Å². The van der Waals surface area contributed by atoms with E-state index in [-0.39, 0.29) is 25.4 Å². The Bertz CT molecular complexity index is 484. The largest absolute Gasteiger partial charge is 0.481 e. The van der Waals surface area contributed by atoms with Crippen molar-refractivity contribution in [3.63, 3.8) is 0 Å². The molecule has 1 aromatic carbocycles. The van der Waals surface area contributed by atoms with Crippen molar-refractivity contribution in [3.05, 3.63) is 35.4 Å². The molecule has 0 radical (unpaired) electrons. The Labute approximate surface area is 125 Å². The van der Waals surface area contributed by atoms with Gasteiger partial charge in [-0.3, -0.25) is 9.59 Å². The Morgan fingerprint density at radius 3 is 2.29 bits per heavy atom. The molecule has 0 heterocycles. The van der Waals surface area contributed by atoms with Crippen LogP contribution in [0.3, 0.4) is 0 Å². The average Bonchev–Trinajstić information content (AvgIpc) is 2.38. The maximum absolute atomic E-state index is 12.1. The Balaban J connectivity index is 2.66. The highest BCUT2D eigenvalue weighted by Crippen LogP contribution is 2.12. The fourth-order valence-electron chi connectivity index (χ4n) is 2.24. The summed E-state index contributed by atoms with van der Waals surface area (Å²) in [5.74, 6) is -1.18. The molecular formula is C16H23NO4. The van der Waals surface area contributed by atoms with Crippen molar-refractivity contribution in [1.82, 2.24) is 5.32 Å². The Morgan fingerprint density at radius 2 is 1.81 bits per heavy atom. The van der Waals surface area contributed by atoms with Crippen LogP contribution in [0.4, 0.5) is 0 Å². The van der Waals surface area contributed by atoms with Crippen LogP contribution in [0, 0.1) is 0 Å². The Hall–Kier alpha value is -1.88. The van der Waals surface area contributed by atoms with Crippen LogP contribution in [0.2, 0.25) is 0 Å². The van der Waals surface area contributed by atoms with Crippen LogP contribution < -0.4 is 5.32 Å². The van der Waals surface area contributed by atoms with Crippen molar-refractivity contribution in [1.29, 1.82) is 0 Å². The summed E-state index contributed by atoms with van der Waals surface area (Å²) in [6.07, 6.45) is 1.00. The number of amides is 1. The molecule has 116 valence electrons. The smallest absolute Gasteiger partial charge is 0.305 e. The molecule has 5 nitrogen and oxygen atoms in total. The molecule has 0 bridgehead atoms. The van der Waals surface area contributed by atoms with Gasteiger partial charge in [0.15, 0.2) is 0 Å². The van der Waals surface area contributed by atoms with Gasteiger partial charge in [-0.2, -0.15) is 0 Å². The zero-order chi connectivity index (χ0) is 15.9. The molecule has 0 saturated heterocycles. The fourth-order valence-corrected chi connectivity index (χ4v) is 2.24. The summed E-state index contributed by atoms with van der Waals surface area (Å²) in [6.45, 7) is 3.90. The summed E-state index contributed by atoms with van der Waals surface area (Å²) in [7, 11) is 1.48. The van der Waals surface area contributed by atoms with Crippen LogP contribution in [0.25, 0.3) is 0 Å². The molecule has 0 spiro atoms. The monoisotopic (exact) mass is 293 g/mol. The zero-order valence-electron chi connectivity index (χ0n) is 12.8. The number of nitrogens with one attached hydrogen (secondary N) is 1. The van der Waals surface area contributed by atoms with Gasteiger partial charge in [0.05, 0.1) is 25.0 Å². The van der Waals surface area contributed by atoms with Crippen LogP contribution >= 0.6 is 0 Å². The van der Waals surface area contributed by atoms with Crippen LogP contribution in [-0.4, -0.2) is 36.2 Å². The van der Waals surface area contributed by atoms with Gasteiger partial charge < -0.3 is 15.2 Å². The maximum Gasteiger partial charge on any atom is 0.305 e. The third-order valence-corrected chi connectivity index (χ3v) is 3.24. The van der Waals surface area contributed by atoms with Gasteiger partial charge in [0.2, 0.25) is 5.91 Å². The number of aliphatic carboxylic acids is 1. The number of carboxylic acid groups (broad SMARTS) is 1. The van der Waals surface area contributed by atoms with Gasteiger partial charge in [-0.1, -0.05) is 31.2 Å². The molecule has 0 aliphatic carbocycles. The first kappa shape index (κ1) is 17.2. The first-order valence-electron chi connectivity index (χ1n) is 6.98. The van der Waals surface area contributed by atoms with E-state index in [1.165, 1.54) is 12.7 Å². The first-order chi connectivity index (χ1) is 9.88. The molecule has 5 heteroatoms. The molecular weight excluding hydrogens is 270 g/mol. The number of aryl methyl sites for hydroxylation is 1. The summed E-state index contributed by atoms with van der Waals surface area (Å²) in [4.78, 5) is 23.0. The summed E-state index contributed by atoms with van der Waals surface area (Å²) in [5.41, 5.74) is 1.22. The number of hydrogen-bond donors (Lipinski definition) is 2. The van der Waals surface area contributed by atoms with Crippen LogP contribution in [-0.2, 0) is 27.2 Å². The molecule has 0 fully saturated rings. The minimum absolute atomic E-state index is 0.153. The average molecular weight is 293 g/mol. The second-order valence-corrected chi connectivity index (χ2v) is 5.46. The van der Waals surface area contributed by atoms with Crippen molar-refractivity contribution in [3.8, 4) is 0 Å². The SMILES string of the molecule is CCc1ccc(CC(=O)NC(C)(COC)CC(=O)O)cc1. The van der Waals surface area contributed by atoms with Crippen LogP contribution in [0.15, 0.2) is 24.3 Å². The number of benzene rings is 1. The van der Waals surface area contributed by atoms with E-state index < -0.39 is 11.5 Å². The quantitative estimate of drug-likeness (QED) is 0.766. The second-order valence-electron chi connectivity index (χ2n) is 5.46. The third-order valence-electron chi connectivity index (χ3n) is 3.24. The highest BCUT2D eigenvalue weighted by Gasteiger charge is 2.29. The minimum Gasteiger partial charge on any atom is -0.481 e. The predicted octanol–water partition coefficient (Wildman–Crippen LogP) is 1.79. The summed E-state index contributed by atoms with van der Waals surface area (Å²) < 4.78 is 5.01. The van der Waals surface area contributed by atoms with E-state index in [0.29, 0.717) is 0 Å². The Morgan fingerprint density at radius 1 is 1.24 bits per heavy atom. The topological polar surface area (TPSA) is 75.6 Å². The van der Waals surface area contributed by atoms with E-state index in [1.807, 2.05) is 24.3 Å². The zero-order valence-corrected chi connectivity index (χ0v) is 12.8. The minimum atomic E-state index is -0.970. The van der Waals surface area contributed by atoms with Gasteiger partial charge in [-0.15, -0.1) is 0 Å².